The molecular formula is C7H8FN5S. The van der Waals surface area contributed by atoms with Gasteiger partial charge in [-0.3, -0.25) is 4.68 Å². The maximum absolute atomic E-state index is 12.1. The maximum atomic E-state index is 12.1. The molecule has 14 heavy (non-hydrogen) atoms. The van der Waals surface area contributed by atoms with Gasteiger partial charge in [0.05, 0.1) is 12.2 Å². The highest BCUT2D eigenvalue weighted by Crippen LogP contribution is 2.23. The number of nitrogen functional groups attached to an aromatic ring is 1. The fraction of sp³-hybridized carbons (Fsp3) is 0.286. The van der Waals surface area contributed by atoms with E-state index in [2.05, 4.69) is 15.3 Å². The largest absolute Gasteiger partial charge is 0.374 e. The van der Waals surface area contributed by atoms with Gasteiger partial charge in [0.1, 0.15) is 6.67 Å². The molecule has 0 unspecified atom stereocenters. The summed E-state index contributed by atoms with van der Waals surface area (Å²) in [5.74, 6) is 0. The summed E-state index contributed by atoms with van der Waals surface area (Å²) in [6.07, 6.45) is 1.60. The number of alkyl halides is 1. The number of hydrogen-bond donors (Lipinski definition) is 1. The Morgan fingerprint density at radius 3 is 3.00 bits per heavy atom. The molecular weight excluding hydrogens is 205 g/mol. The number of aryl methyl sites for hydroxylation is 1. The van der Waals surface area contributed by atoms with Crippen molar-refractivity contribution in [1.29, 1.82) is 0 Å². The average molecular weight is 213 g/mol. The van der Waals surface area contributed by atoms with E-state index in [0.29, 0.717) is 10.1 Å². The van der Waals surface area contributed by atoms with Crippen LogP contribution in [-0.2, 0) is 6.54 Å². The highest BCUT2D eigenvalue weighted by atomic mass is 32.1. The summed E-state index contributed by atoms with van der Waals surface area (Å²) in [6, 6.07) is 1.76. The summed E-state index contributed by atoms with van der Waals surface area (Å²) in [4.78, 5) is 0. The Morgan fingerprint density at radius 2 is 2.36 bits per heavy atom. The highest BCUT2D eigenvalue weighted by Gasteiger charge is 2.09. The normalized spacial score (nSPS) is 10.6. The Labute approximate surface area is 83.4 Å². The van der Waals surface area contributed by atoms with Crippen LogP contribution in [0.2, 0.25) is 0 Å². The van der Waals surface area contributed by atoms with Gasteiger partial charge in [0.25, 0.3) is 0 Å². The Bertz CT molecular complexity index is 423. The average Bonchev–Trinajstić information content (AvgIpc) is 2.74. The van der Waals surface area contributed by atoms with Crippen molar-refractivity contribution in [3.63, 3.8) is 0 Å². The molecule has 0 spiro atoms. The summed E-state index contributed by atoms with van der Waals surface area (Å²) in [7, 11) is 0. The van der Waals surface area contributed by atoms with Crippen molar-refractivity contribution in [2.24, 2.45) is 0 Å². The zero-order valence-corrected chi connectivity index (χ0v) is 8.04. The first kappa shape index (κ1) is 9.07. The first-order valence-electron chi connectivity index (χ1n) is 3.98. The number of hydrogen-bond acceptors (Lipinski definition) is 5. The molecule has 2 rings (SSSR count). The van der Waals surface area contributed by atoms with Gasteiger partial charge in [-0.1, -0.05) is 11.3 Å². The van der Waals surface area contributed by atoms with Crippen molar-refractivity contribution in [2.45, 2.75) is 6.54 Å². The molecule has 0 aromatic carbocycles. The number of halogens is 1. The van der Waals surface area contributed by atoms with E-state index in [-0.39, 0.29) is 6.54 Å². The van der Waals surface area contributed by atoms with E-state index in [1.54, 1.807) is 16.9 Å². The van der Waals surface area contributed by atoms with Crippen LogP contribution < -0.4 is 5.73 Å². The van der Waals surface area contributed by atoms with Gasteiger partial charge in [-0.15, -0.1) is 10.2 Å². The molecule has 0 saturated heterocycles. The summed E-state index contributed by atoms with van der Waals surface area (Å²) in [5.41, 5.74) is 6.20. The minimum atomic E-state index is -0.455. The minimum Gasteiger partial charge on any atom is -0.374 e. The fourth-order valence-corrected chi connectivity index (χ4v) is 1.75. The van der Waals surface area contributed by atoms with Gasteiger partial charge in [-0.05, 0) is 6.07 Å². The molecule has 0 radical (unpaired) electrons. The lowest BCUT2D eigenvalue weighted by molar-refractivity contribution is 0.429. The predicted octanol–water partition coefficient (Wildman–Crippen LogP) is 0.953. The minimum absolute atomic E-state index is 0.224. The molecule has 0 saturated carbocycles. The van der Waals surface area contributed by atoms with Crippen LogP contribution in [0.5, 0.6) is 0 Å². The van der Waals surface area contributed by atoms with Crippen LogP contribution in [0.25, 0.3) is 10.7 Å². The standard InChI is InChI=1S/C7H8FN5S/c8-2-4-13-5(1-3-10-13)6-11-12-7(9)14-6/h1,3H,2,4H2,(H2,9,12). The van der Waals surface area contributed by atoms with E-state index in [9.17, 15) is 4.39 Å². The van der Waals surface area contributed by atoms with Gasteiger partial charge in [-0.25, -0.2) is 4.39 Å². The Hall–Kier alpha value is -1.50. The van der Waals surface area contributed by atoms with Gasteiger partial charge < -0.3 is 5.73 Å². The van der Waals surface area contributed by atoms with Crippen molar-refractivity contribution in [1.82, 2.24) is 20.0 Å². The third-order valence-corrected chi connectivity index (χ3v) is 2.45. The molecule has 7 heteroatoms. The smallest absolute Gasteiger partial charge is 0.203 e. The Kier molecular flexibility index (Phi) is 2.40. The van der Waals surface area contributed by atoms with Gasteiger partial charge in [0.2, 0.25) is 5.13 Å². The van der Waals surface area contributed by atoms with Gasteiger partial charge in [0.15, 0.2) is 5.01 Å². The molecule has 74 valence electrons. The zero-order chi connectivity index (χ0) is 9.97. The third-order valence-electron chi connectivity index (χ3n) is 1.67. The van der Waals surface area contributed by atoms with Gasteiger partial charge in [0, 0.05) is 6.20 Å². The molecule has 0 atom stereocenters. The fourth-order valence-electron chi connectivity index (χ4n) is 1.11. The van der Waals surface area contributed by atoms with Crippen molar-refractivity contribution in [2.75, 3.05) is 12.4 Å². The van der Waals surface area contributed by atoms with Crippen LogP contribution in [0.3, 0.4) is 0 Å². The van der Waals surface area contributed by atoms with E-state index in [1.165, 1.54) is 11.3 Å². The number of aromatic nitrogens is 4. The number of anilines is 1. The molecule has 0 aliphatic heterocycles. The van der Waals surface area contributed by atoms with Crippen molar-refractivity contribution in [3.05, 3.63) is 12.3 Å². The molecule has 2 aromatic rings. The number of rotatable bonds is 3. The zero-order valence-electron chi connectivity index (χ0n) is 7.22. The Morgan fingerprint density at radius 1 is 1.50 bits per heavy atom. The lowest BCUT2D eigenvalue weighted by Crippen LogP contribution is -2.03. The molecule has 0 aliphatic carbocycles. The van der Waals surface area contributed by atoms with E-state index in [1.807, 2.05) is 0 Å². The third kappa shape index (κ3) is 1.58. The van der Waals surface area contributed by atoms with Gasteiger partial charge in [-0.2, -0.15) is 5.10 Å². The lowest BCUT2D eigenvalue weighted by atomic mass is 10.4. The second kappa shape index (κ2) is 3.70. The molecule has 0 amide bonds. The molecule has 2 aromatic heterocycles. The van der Waals surface area contributed by atoms with Gasteiger partial charge >= 0.3 is 0 Å². The van der Waals surface area contributed by atoms with Crippen molar-refractivity contribution < 1.29 is 4.39 Å². The molecule has 5 nitrogen and oxygen atoms in total. The van der Waals surface area contributed by atoms with Crippen LogP contribution >= 0.6 is 11.3 Å². The Balaban J connectivity index is 2.36. The molecule has 0 fully saturated rings. The topological polar surface area (TPSA) is 69.6 Å². The predicted molar refractivity (Wildman–Crippen MR) is 51.5 cm³/mol. The van der Waals surface area contributed by atoms with Crippen LogP contribution in [0.15, 0.2) is 12.3 Å². The van der Waals surface area contributed by atoms with Crippen LogP contribution in [0, 0.1) is 0 Å². The summed E-state index contributed by atoms with van der Waals surface area (Å²) in [5, 5.41) is 12.6. The van der Waals surface area contributed by atoms with Crippen LogP contribution in [0.4, 0.5) is 9.52 Å². The maximum Gasteiger partial charge on any atom is 0.203 e. The first-order chi connectivity index (χ1) is 6.81. The van der Waals surface area contributed by atoms with E-state index >= 15 is 0 Å². The SMILES string of the molecule is Nc1nnc(-c2ccnn2CCF)s1. The van der Waals surface area contributed by atoms with E-state index < -0.39 is 6.67 Å². The summed E-state index contributed by atoms with van der Waals surface area (Å²) < 4.78 is 13.7. The van der Waals surface area contributed by atoms with Crippen molar-refractivity contribution in [3.8, 4) is 10.7 Å². The summed E-state index contributed by atoms with van der Waals surface area (Å²) >= 11 is 1.26. The van der Waals surface area contributed by atoms with E-state index in [0.717, 1.165) is 5.69 Å². The monoisotopic (exact) mass is 213 g/mol. The molecule has 2 N–H and O–H groups in total. The second-order valence-electron chi connectivity index (χ2n) is 2.57. The van der Waals surface area contributed by atoms with Crippen molar-refractivity contribution >= 4 is 16.5 Å². The first-order valence-corrected chi connectivity index (χ1v) is 4.80. The quantitative estimate of drug-likeness (QED) is 0.824. The van der Waals surface area contributed by atoms with Crippen LogP contribution in [0.1, 0.15) is 0 Å². The molecule has 2 heterocycles. The molecule has 0 aliphatic rings. The van der Waals surface area contributed by atoms with Crippen LogP contribution in [-0.4, -0.2) is 26.7 Å². The molecule has 0 bridgehead atoms. The lowest BCUT2D eigenvalue weighted by Gasteiger charge is -2.00. The van der Waals surface area contributed by atoms with E-state index in [4.69, 9.17) is 5.73 Å². The highest BCUT2D eigenvalue weighted by molar-refractivity contribution is 7.18. The summed E-state index contributed by atoms with van der Waals surface area (Å²) in [6.45, 7) is -0.231. The number of nitrogens with two attached hydrogens (primary N) is 1. The number of nitrogens with zero attached hydrogens (tertiary/aromatic N) is 4. The second-order valence-corrected chi connectivity index (χ2v) is 3.58.